The Morgan fingerprint density at radius 2 is 2.06 bits per heavy atom. The zero-order chi connectivity index (χ0) is 12.8. The molecule has 4 nitrogen and oxygen atoms in total. The van der Waals surface area contributed by atoms with E-state index in [2.05, 4.69) is 4.98 Å². The Hall–Kier alpha value is -1.32. The molecule has 98 valence electrons. The molecule has 1 spiro atoms. The van der Waals surface area contributed by atoms with E-state index in [1.54, 1.807) is 6.33 Å². The summed E-state index contributed by atoms with van der Waals surface area (Å²) in [5.74, 6) is 0.163. The lowest BCUT2D eigenvalue weighted by Gasteiger charge is -2.23. The zero-order valence-corrected chi connectivity index (χ0v) is 11.3. The fourth-order valence-corrected chi connectivity index (χ4v) is 3.64. The van der Waals surface area contributed by atoms with Gasteiger partial charge in [0.25, 0.3) is 5.91 Å². The number of likely N-dealkylation sites (tertiary alicyclic amines) is 1. The molecule has 1 saturated heterocycles. The van der Waals surface area contributed by atoms with Gasteiger partial charge in [0.05, 0.1) is 12.0 Å². The van der Waals surface area contributed by atoms with Crippen LogP contribution in [-0.4, -0.2) is 33.4 Å². The van der Waals surface area contributed by atoms with E-state index in [1.165, 1.54) is 32.1 Å². The Balaban J connectivity index is 1.79. The molecule has 0 atom stereocenters. The topological polar surface area (TPSA) is 38.1 Å². The molecule has 0 unspecified atom stereocenters. The summed E-state index contributed by atoms with van der Waals surface area (Å²) in [6.07, 6.45) is 8.21. The van der Waals surface area contributed by atoms with Crippen molar-refractivity contribution in [2.45, 2.75) is 39.0 Å². The van der Waals surface area contributed by atoms with Gasteiger partial charge in [-0.1, -0.05) is 12.8 Å². The molecule has 1 aromatic heterocycles. The summed E-state index contributed by atoms with van der Waals surface area (Å²) in [7, 11) is 1.90. The summed E-state index contributed by atoms with van der Waals surface area (Å²) in [6.45, 7) is 3.79. The molecular weight excluding hydrogens is 226 g/mol. The van der Waals surface area contributed by atoms with Gasteiger partial charge < -0.3 is 9.47 Å². The number of hydrogen-bond acceptors (Lipinski definition) is 2. The summed E-state index contributed by atoms with van der Waals surface area (Å²) in [6, 6.07) is 0. The van der Waals surface area contributed by atoms with Crippen LogP contribution in [0.25, 0.3) is 0 Å². The molecule has 1 aliphatic heterocycles. The second-order valence-electron chi connectivity index (χ2n) is 5.97. The Morgan fingerprint density at radius 3 is 2.67 bits per heavy atom. The van der Waals surface area contributed by atoms with Crippen LogP contribution in [0.3, 0.4) is 0 Å². The minimum Gasteiger partial charge on any atom is -0.337 e. The van der Waals surface area contributed by atoms with E-state index in [1.807, 2.05) is 23.4 Å². The number of aryl methyl sites for hydroxylation is 2. The van der Waals surface area contributed by atoms with Crippen molar-refractivity contribution in [3.8, 4) is 0 Å². The largest absolute Gasteiger partial charge is 0.337 e. The minimum absolute atomic E-state index is 0.163. The molecule has 18 heavy (non-hydrogen) atoms. The molecule has 2 aliphatic rings. The van der Waals surface area contributed by atoms with E-state index in [0.717, 1.165) is 24.5 Å². The third kappa shape index (κ3) is 1.74. The zero-order valence-electron chi connectivity index (χ0n) is 11.3. The van der Waals surface area contributed by atoms with Crippen molar-refractivity contribution < 1.29 is 4.79 Å². The van der Waals surface area contributed by atoms with Gasteiger partial charge in [-0.3, -0.25) is 4.79 Å². The highest BCUT2D eigenvalue weighted by Crippen LogP contribution is 2.45. The van der Waals surface area contributed by atoms with E-state index < -0.39 is 0 Å². The van der Waals surface area contributed by atoms with Crippen molar-refractivity contribution >= 4 is 5.91 Å². The maximum Gasteiger partial charge on any atom is 0.272 e. The van der Waals surface area contributed by atoms with Crippen molar-refractivity contribution in [2.24, 2.45) is 12.5 Å². The quantitative estimate of drug-likeness (QED) is 0.762. The van der Waals surface area contributed by atoms with Crippen LogP contribution in [0.5, 0.6) is 0 Å². The Morgan fingerprint density at radius 1 is 1.33 bits per heavy atom. The Kier molecular flexibility index (Phi) is 2.68. The average Bonchev–Trinajstić information content (AvgIpc) is 3.04. The van der Waals surface area contributed by atoms with E-state index in [-0.39, 0.29) is 5.91 Å². The van der Waals surface area contributed by atoms with Crippen LogP contribution in [0, 0.1) is 12.3 Å². The number of rotatable bonds is 1. The summed E-state index contributed by atoms with van der Waals surface area (Å²) >= 11 is 0. The normalized spacial score (nSPS) is 22.0. The van der Waals surface area contributed by atoms with Crippen molar-refractivity contribution in [3.05, 3.63) is 17.7 Å². The van der Waals surface area contributed by atoms with Gasteiger partial charge in [0.1, 0.15) is 5.69 Å². The van der Waals surface area contributed by atoms with Crippen LogP contribution in [0.4, 0.5) is 0 Å². The van der Waals surface area contributed by atoms with Crippen molar-refractivity contribution in [3.63, 3.8) is 0 Å². The molecule has 0 aromatic carbocycles. The Bertz CT molecular complexity index is 452. The number of carbonyl (C=O) groups excluding carboxylic acids is 1. The van der Waals surface area contributed by atoms with Gasteiger partial charge in [0.15, 0.2) is 0 Å². The van der Waals surface area contributed by atoms with Gasteiger partial charge in [0.2, 0.25) is 0 Å². The van der Waals surface area contributed by atoms with Crippen LogP contribution >= 0.6 is 0 Å². The maximum atomic E-state index is 12.6. The molecule has 4 heteroatoms. The van der Waals surface area contributed by atoms with Crippen LogP contribution < -0.4 is 0 Å². The first kappa shape index (κ1) is 11.8. The highest BCUT2D eigenvalue weighted by Gasteiger charge is 2.42. The van der Waals surface area contributed by atoms with Crippen molar-refractivity contribution in [1.29, 1.82) is 0 Å². The van der Waals surface area contributed by atoms with Gasteiger partial charge in [-0.25, -0.2) is 4.98 Å². The van der Waals surface area contributed by atoms with Crippen LogP contribution in [-0.2, 0) is 7.05 Å². The molecule has 2 fully saturated rings. The third-order valence-electron chi connectivity index (χ3n) is 4.71. The molecule has 1 amide bonds. The van der Waals surface area contributed by atoms with Gasteiger partial charge in [-0.2, -0.15) is 0 Å². The van der Waals surface area contributed by atoms with Crippen LogP contribution in [0.15, 0.2) is 6.33 Å². The fourth-order valence-electron chi connectivity index (χ4n) is 3.64. The lowest BCUT2D eigenvalue weighted by atomic mass is 9.86. The predicted molar refractivity (Wildman–Crippen MR) is 69.4 cm³/mol. The average molecular weight is 247 g/mol. The maximum absolute atomic E-state index is 12.6. The van der Waals surface area contributed by atoms with E-state index in [4.69, 9.17) is 0 Å². The molecule has 0 radical (unpaired) electrons. The van der Waals surface area contributed by atoms with Crippen molar-refractivity contribution in [2.75, 3.05) is 13.1 Å². The third-order valence-corrected chi connectivity index (χ3v) is 4.71. The number of aromatic nitrogens is 2. The number of amides is 1. The SMILES string of the molecule is Cc1ncn(C)c1C(=O)N1CCC2(CCCC2)C1. The van der Waals surface area contributed by atoms with Gasteiger partial charge in [-0.05, 0) is 31.6 Å². The molecule has 0 bridgehead atoms. The van der Waals surface area contributed by atoms with Gasteiger partial charge >= 0.3 is 0 Å². The number of carbonyl (C=O) groups is 1. The van der Waals surface area contributed by atoms with Crippen LogP contribution in [0.2, 0.25) is 0 Å². The number of nitrogens with zero attached hydrogens (tertiary/aromatic N) is 3. The number of hydrogen-bond donors (Lipinski definition) is 0. The molecule has 0 N–H and O–H groups in total. The van der Waals surface area contributed by atoms with E-state index >= 15 is 0 Å². The van der Waals surface area contributed by atoms with Crippen LogP contribution in [0.1, 0.15) is 48.3 Å². The summed E-state index contributed by atoms with van der Waals surface area (Å²) in [5, 5.41) is 0. The van der Waals surface area contributed by atoms with Gasteiger partial charge in [0, 0.05) is 20.1 Å². The molecular formula is C14H21N3O. The van der Waals surface area contributed by atoms with E-state index in [9.17, 15) is 4.79 Å². The Labute approximate surface area is 108 Å². The molecule has 1 aliphatic carbocycles. The molecule has 2 heterocycles. The standard InChI is InChI=1S/C14H21N3O/c1-11-12(16(2)10-15-11)13(18)17-8-7-14(9-17)5-3-4-6-14/h10H,3-9H2,1-2H3. The second kappa shape index (κ2) is 4.11. The summed E-state index contributed by atoms with van der Waals surface area (Å²) in [5.41, 5.74) is 2.04. The first-order valence-electron chi connectivity index (χ1n) is 6.89. The highest BCUT2D eigenvalue weighted by atomic mass is 16.2. The first-order chi connectivity index (χ1) is 8.61. The monoisotopic (exact) mass is 247 g/mol. The second-order valence-corrected chi connectivity index (χ2v) is 5.97. The van der Waals surface area contributed by atoms with Gasteiger partial charge in [-0.15, -0.1) is 0 Å². The lowest BCUT2D eigenvalue weighted by Crippen LogP contribution is -2.32. The fraction of sp³-hybridized carbons (Fsp3) is 0.714. The van der Waals surface area contributed by atoms with E-state index in [0.29, 0.717) is 5.41 Å². The summed E-state index contributed by atoms with van der Waals surface area (Å²) in [4.78, 5) is 18.8. The summed E-state index contributed by atoms with van der Waals surface area (Å²) < 4.78 is 1.84. The van der Waals surface area contributed by atoms with Crippen molar-refractivity contribution in [1.82, 2.24) is 14.5 Å². The molecule has 1 saturated carbocycles. The highest BCUT2D eigenvalue weighted by molar-refractivity contribution is 5.93. The minimum atomic E-state index is 0.163. The lowest BCUT2D eigenvalue weighted by molar-refractivity contribution is 0.0763. The predicted octanol–water partition coefficient (Wildman–Crippen LogP) is 2.13. The first-order valence-corrected chi connectivity index (χ1v) is 6.89. The molecule has 3 rings (SSSR count). The molecule has 1 aromatic rings. The number of imidazole rings is 1. The smallest absolute Gasteiger partial charge is 0.272 e.